The summed E-state index contributed by atoms with van der Waals surface area (Å²) in [5.41, 5.74) is 3.58. The number of amides is 1. The Kier molecular flexibility index (Phi) is 6.24. The van der Waals surface area contributed by atoms with E-state index in [2.05, 4.69) is 34.8 Å². The van der Waals surface area contributed by atoms with Gasteiger partial charge in [0.05, 0.1) is 23.6 Å². The topological polar surface area (TPSA) is 86.7 Å². The van der Waals surface area contributed by atoms with Gasteiger partial charge in [-0.3, -0.25) is 9.78 Å². The van der Waals surface area contributed by atoms with Gasteiger partial charge >= 0.3 is 0 Å². The van der Waals surface area contributed by atoms with E-state index in [-0.39, 0.29) is 18.2 Å². The second-order valence-corrected chi connectivity index (χ2v) is 10.2. The van der Waals surface area contributed by atoms with E-state index in [1.165, 1.54) is 15.4 Å². The predicted molar refractivity (Wildman–Crippen MR) is 120 cm³/mol. The van der Waals surface area contributed by atoms with Crippen molar-refractivity contribution >= 4 is 21.7 Å². The molecule has 9 heteroatoms. The number of hydrogen-bond donors (Lipinski definition) is 0. The van der Waals surface area contributed by atoms with Crippen LogP contribution in [0.3, 0.4) is 0 Å². The van der Waals surface area contributed by atoms with Crippen molar-refractivity contribution in [2.24, 2.45) is 0 Å². The molecule has 0 spiro atoms. The molecule has 166 valence electrons. The first-order chi connectivity index (χ1) is 14.9. The number of aromatic nitrogens is 2. The first kappa shape index (κ1) is 21.7. The molecule has 0 N–H and O–H groups in total. The Morgan fingerprint density at radius 1 is 1.06 bits per heavy atom. The van der Waals surface area contributed by atoms with Crippen LogP contribution in [0.2, 0.25) is 0 Å². The number of hydrogen-bond acceptors (Lipinski definition) is 6. The standard InChI is InChI=1S/C22H29N5O3S/c1-3-18-13-17(2)21(24-14-18)25-8-10-26(11-9-25)22(28)19-5-6-20(23-15-19)16-27-7-4-12-31(27,29)30/h5-6,13-15H,3-4,7-12,16H2,1-2H3. The monoisotopic (exact) mass is 443 g/mol. The Balaban J connectivity index is 1.35. The number of rotatable bonds is 5. The zero-order chi connectivity index (χ0) is 22.0. The summed E-state index contributed by atoms with van der Waals surface area (Å²) in [6.07, 6.45) is 5.11. The maximum absolute atomic E-state index is 12.9. The lowest BCUT2D eigenvalue weighted by Crippen LogP contribution is -2.49. The minimum atomic E-state index is -3.16. The molecule has 8 nitrogen and oxygen atoms in total. The Hall–Kier alpha value is -2.52. The highest BCUT2D eigenvalue weighted by molar-refractivity contribution is 7.89. The van der Waals surface area contributed by atoms with E-state index in [0.717, 1.165) is 25.3 Å². The van der Waals surface area contributed by atoms with E-state index in [4.69, 9.17) is 0 Å². The van der Waals surface area contributed by atoms with Gasteiger partial charge in [0.2, 0.25) is 10.0 Å². The van der Waals surface area contributed by atoms with Crippen LogP contribution >= 0.6 is 0 Å². The van der Waals surface area contributed by atoms with Crippen molar-refractivity contribution in [3.05, 3.63) is 53.0 Å². The summed E-state index contributed by atoms with van der Waals surface area (Å²) in [5.74, 6) is 1.15. The number of anilines is 1. The van der Waals surface area contributed by atoms with Crippen molar-refractivity contribution in [2.75, 3.05) is 43.4 Å². The molecule has 2 aliphatic heterocycles. The molecule has 0 unspecified atom stereocenters. The Bertz CT molecular complexity index is 1050. The van der Waals surface area contributed by atoms with Crippen molar-refractivity contribution in [3.63, 3.8) is 0 Å². The van der Waals surface area contributed by atoms with Crippen LogP contribution in [0, 0.1) is 6.92 Å². The number of piperazine rings is 1. The van der Waals surface area contributed by atoms with Crippen LogP contribution in [0.25, 0.3) is 0 Å². The van der Waals surface area contributed by atoms with Gasteiger partial charge < -0.3 is 9.80 Å². The zero-order valence-electron chi connectivity index (χ0n) is 18.1. The minimum Gasteiger partial charge on any atom is -0.353 e. The van der Waals surface area contributed by atoms with E-state index >= 15 is 0 Å². The van der Waals surface area contributed by atoms with Gasteiger partial charge in [0.1, 0.15) is 5.82 Å². The van der Waals surface area contributed by atoms with Gasteiger partial charge in [-0.25, -0.2) is 13.4 Å². The first-order valence-electron chi connectivity index (χ1n) is 10.8. The molecule has 0 aliphatic carbocycles. The van der Waals surface area contributed by atoms with Crippen molar-refractivity contribution in [1.82, 2.24) is 19.2 Å². The molecule has 2 aliphatic rings. The van der Waals surface area contributed by atoms with Gasteiger partial charge in [0.15, 0.2) is 0 Å². The first-order valence-corrected chi connectivity index (χ1v) is 12.4. The highest BCUT2D eigenvalue weighted by Crippen LogP contribution is 2.21. The third kappa shape index (κ3) is 4.72. The molecule has 2 aromatic heterocycles. The molecule has 4 heterocycles. The van der Waals surface area contributed by atoms with Crippen LogP contribution in [0.4, 0.5) is 5.82 Å². The SMILES string of the molecule is CCc1cnc(N2CCN(C(=O)c3ccc(CN4CCCS4(=O)=O)nc3)CC2)c(C)c1. The fraction of sp³-hybridized carbons (Fsp3) is 0.500. The number of aryl methyl sites for hydroxylation is 2. The molecular weight excluding hydrogens is 414 g/mol. The third-order valence-electron chi connectivity index (χ3n) is 6.00. The second kappa shape index (κ2) is 8.92. The molecule has 0 radical (unpaired) electrons. The number of carbonyl (C=O) groups is 1. The van der Waals surface area contributed by atoms with Gasteiger partial charge in [-0.2, -0.15) is 4.31 Å². The third-order valence-corrected chi connectivity index (χ3v) is 7.90. The Morgan fingerprint density at radius 3 is 2.42 bits per heavy atom. The van der Waals surface area contributed by atoms with Gasteiger partial charge in [-0.15, -0.1) is 0 Å². The zero-order valence-corrected chi connectivity index (χ0v) is 18.9. The molecule has 0 bridgehead atoms. The van der Waals surface area contributed by atoms with Gasteiger partial charge in [0, 0.05) is 45.1 Å². The molecule has 0 aromatic carbocycles. The Labute approximate surface area is 183 Å². The van der Waals surface area contributed by atoms with E-state index in [1.54, 1.807) is 18.3 Å². The van der Waals surface area contributed by atoms with Crippen LogP contribution in [0.1, 0.15) is 40.5 Å². The number of sulfonamides is 1. The lowest BCUT2D eigenvalue weighted by molar-refractivity contribution is 0.0746. The smallest absolute Gasteiger partial charge is 0.255 e. The summed E-state index contributed by atoms with van der Waals surface area (Å²) in [5, 5.41) is 0. The predicted octanol–water partition coefficient (Wildman–Crippen LogP) is 1.85. The van der Waals surface area contributed by atoms with E-state index in [0.29, 0.717) is 37.3 Å². The quantitative estimate of drug-likeness (QED) is 0.701. The van der Waals surface area contributed by atoms with Crippen LogP contribution in [-0.4, -0.2) is 72.0 Å². The average molecular weight is 444 g/mol. The van der Waals surface area contributed by atoms with Crippen LogP contribution < -0.4 is 4.90 Å². The van der Waals surface area contributed by atoms with Crippen LogP contribution in [-0.2, 0) is 23.0 Å². The van der Waals surface area contributed by atoms with Gasteiger partial charge in [-0.1, -0.05) is 13.0 Å². The maximum atomic E-state index is 12.9. The normalized spacial score (nSPS) is 19.0. The highest BCUT2D eigenvalue weighted by atomic mass is 32.2. The van der Waals surface area contributed by atoms with Crippen LogP contribution in [0.5, 0.6) is 0 Å². The fourth-order valence-electron chi connectivity index (χ4n) is 4.15. The fourth-order valence-corrected chi connectivity index (χ4v) is 5.64. The molecule has 2 saturated heterocycles. The molecule has 31 heavy (non-hydrogen) atoms. The molecule has 2 aromatic rings. The van der Waals surface area contributed by atoms with E-state index < -0.39 is 10.0 Å². The number of carbonyl (C=O) groups excluding carboxylic acids is 1. The number of nitrogens with zero attached hydrogens (tertiary/aromatic N) is 5. The maximum Gasteiger partial charge on any atom is 0.255 e. The summed E-state index contributed by atoms with van der Waals surface area (Å²) < 4.78 is 25.4. The molecular formula is C22H29N5O3S. The summed E-state index contributed by atoms with van der Waals surface area (Å²) in [4.78, 5) is 25.9. The molecule has 2 fully saturated rings. The van der Waals surface area contributed by atoms with Crippen molar-refractivity contribution in [3.8, 4) is 0 Å². The molecule has 4 rings (SSSR count). The van der Waals surface area contributed by atoms with Gasteiger partial charge in [-0.05, 0) is 43.0 Å². The summed E-state index contributed by atoms with van der Waals surface area (Å²) in [7, 11) is -3.16. The van der Waals surface area contributed by atoms with Crippen LogP contribution in [0.15, 0.2) is 30.6 Å². The largest absolute Gasteiger partial charge is 0.353 e. The minimum absolute atomic E-state index is 0.0430. The number of pyridine rings is 2. The van der Waals surface area contributed by atoms with E-state index in [9.17, 15) is 13.2 Å². The Morgan fingerprint density at radius 2 is 1.84 bits per heavy atom. The molecule has 0 saturated carbocycles. The van der Waals surface area contributed by atoms with Crippen molar-refractivity contribution in [1.29, 1.82) is 0 Å². The highest BCUT2D eigenvalue weighted by Gasteiger charge is 2.29. The lowest BCUT2D eigenvalue weighted by atomic mass is 10.1. The molecule has 1 amide bonds. The molecule has 0 atom stereocenters. The summed E-state index contributed by atoms with van der Waals surface area (Å²) >= 11 is 0. The van der Waals surface area contributed by atoms with Crippen molar-refractivity contribution < 1.29 is 13.2 Å². The van der Waals surface area contributed by atoms with Crippen molar-refractivity contribution in [2.45, 2.75) is 33.2 Å². The average Bonchev–Trinajstić information content (AvgIpc) is 3.11. The van der Waals surface area contributed by atoms with E-state index in [1.807, 2.05) is 11.1 Å². The summed E-state index contributed by atoms with van der Waals surface area (Å²) in [6.45, 7) is 7.73. The summed E-state index contributed by atoms with van der Waals surface area (Å²) in [6, 6.07) is 5.68. The lowest BCUT2D eigenvalue weighted by Gasteiger charge is -2.36. The second-order valence-electron chi connectivity index (χ2n) is 8.16. The van der Waals surface area contributed by atoms with Gasteiger partial charge in [0.25, 0.3) is 5.91 Å².